The summed E-state index contributed by atoms with van der Waals surface area (Å²) >= 11 is 0. The maximum absolute atomic E-state index is 5.70. The van der Waals surface area contributed by atoms with E-state index >= 15 is 0 Å². The van der Waals surface area contributed by atoms with Crippen LogP contribution in [-0.2, 0) is 4.74 Å². The molecule has 0 amide bonds. The first-order chi connectivity index (χ1) is 8.34. The lowest BCUT2D eigenvalue weighted by Crippen LogP contribution is -2.42. The molecular weight excluding hydrogens is 212 g/mol. The van der Waals surface area contributed by atoms with Gasteiger partial charge in [0.25, 0.3) is 0 Å². The zero-order valence-electron chi connectivity index (χ0n) is 11.3. The Hall–Kier alpha value is -0.120. The zero-order chi connectivity index (χ0) is 11.9. The third kappa shape index (κ3) is 4.94. The molecule has 0 aromatic heterocycles. The summed E-state index contributed by atoms with van der Waals surface area (Å²) in [5, 5.41) is 3.69. The standard InChI is InChI=1S/C14H28N2O/c1-16(12-14-8-6-10-17-14)11-13-7-4-2-3-5-9-15-13/h13-15H,2-12H2,1H3. The Kier molecular flexibility index (Phi) is 5.75. The van der Waals surface area contributed by atoms with Gasteiger partial charge in [-0.3, -0.25) is 0 Å². The number of hydrogen-bond donors (Lipinski definition) is 1. The normalized spacial score (nSPS) is 31.4. The Morgan fingerprint density at radius 2 is 1.94 bits per heavy atom. The molecule has 17 heavy (non-hydrogen) atoms. The molecule has 2 aliphatic rings. The molecule has 2 atom stereocenters. The molecule has 0 radical (unpaired) electrons. The Morgan fingerprint density at radius 3 is 2.76 bits per heavy atom. The zero-order valence-corrected chi connectivity index (χ0v) is 11.3. The lowest BCUT2D eigenvalue weighted by atomic mass is 10.0. The van der Waals surface area contributed by atoms with Crippen LogP contribution in [0.15, 0.2) is 0 Å². The Morgan fingerprint density at radius 1 is 1.06 bits per heavy atom. The molecule has 2 unspecified atom stereocenters. The van der Waals surface area contributed by atoms with E-state index in [0.717, 1.165) is 13.2 Å². The van der Waals surface area contributed by atoms with Crippen LogP contribution in [0.3, 0.4) is 0 Å². The van der Waals surface area contributed by atoms with Crippen LogP contribution in [-0.4, -0.2) is 50.3 Å². The van der Waals surface area contributed by atoms with E-state index in [0.29, 0.717) is 12.1 Å². The average molecular weight is 240 g/mol. The average Bonchev–Trinajstić information content (AvgIpc) is 2.74. The van der Waals surface area contributed by atoms with Gasteiger partial charge in [0.1, 0.15) is 0 Å². The first-order valence-electron chi connectivity index (χ1n) is 7.38. The van der Waals surface area contributed by atoms with Crippen molar-refractivity contribution in [2.75, 3.05) is 33.3 Å². The second-order valence-corrected chi connectivity index (χ2v) is 5.71. The summed E-state index contributed by atoms with van der Waals surface area (Å²) in [6, 6.07) is 0.696. The van der Waals surface area contributed by atoms with Crippen molar-refractivity contribution in [1.29, 1.82) is 0 Å². The molecule has 0 aromatic carbocycles. The van der Waals surface area contributed by atoms with E-state index in [1.807, 2.05) is 0 Å². The van der Waals surface area contributed by atoms with Crippen molar-refractivity contribution in [3.63, 3.8) is 0 Å². The van der Waals surface area contributed by atoms with Gasteiger partial charge in [-0.15, -0.1) is 0 Å². The fourth-order valence-electron chi connectivity index (χ4n) is 3.02. The van der Waals surface area contributed by atoms with E-state index in [1.54, 1.807) is 0 Å². The van der Waals surface area contributed by atoms with Gasteiger partial charge in [0.15, 0.2) is 0 Å². The predicted molar refractivity (Wildman–Crippen MR) is 71.3 cm³/mol. The summed E-state index contributed by atoms with van der Waals surface area (Å²) < 4.78 is 5.70. The fourth-order valence-corrected chi connectivity index (χ4v) is 3.02. The van der Waals surface area contributed by atoms with E-state index in [-0.39, 0.29) is 0 Å². The van der Waals surface area contributed by atoms with Crippen LogP contribution in [0.25, 0.3) is 0 Å². The summed E-state index contributed by atoms with van der Waals surface area (Å²) in [7, 11) is 2.24. The van der Waals surface area contributed by atoms with Crippen molar-refractivity contribution < 1.29 is 4.74 Å². The highest BCUT2D eigenvalue weighted by Crippen LogP contribution is 2.14. The molecule has 2 rings (SSSR count). The Bertz CT molecular complexity index is 196. The van der Waals surface area contributed by atoms with Gasteiger partial charge in [-0.2, -0.15) is 0 Å². The molecule has 2 saturated heterocycles. The minimum Gasteiger partial charge on any atom is -0.377 e. The van der Waals surface area contributed by atoms with Crippen molar-refractivity contribution in [3.05, 3.63) is 0 Å². The van der Waals surface area contributed by atoms with Gasteiger partial charge < -0.3 is 15.0 Å². The summed E-state index contributed by atoms with van der Waals surface area (Å²) in [4.78, 5) is 2.45. The molecular formula is C14H28N2O. The maximum atomic E-state index is 5.70. The van der Waals surface area contributed by atoms with E-state index in [2.05, 4.69) is 17.3 Å². The number of rotatable bonds is 4. The summed E-state index contributed by atoms with van der Waals surface area (Å²) in [5.74, 6) is 0. The largest absolute Gasteiger partial charge is 0.377 e. The smallest absolute Gasteiger partial charge is 0.0702 e. The fraction of sp³-hybridized carbons (Fsp3) is 1.00. The molecule has 2 heterocycles. The van der Waals surface area contributed by atoms with Gasteiger partial charge in [0.2, 0.25) is 0 Å². The highest BCUT2D eigenvalue weighted by molar-refractivity contribution is 4.75. The highest BCUT2D eigenvalue weighted by Gasteiger charge is 2.19. The second kappa shape index (κ2) is 7.34. The first-order valence-corrected chi connectivity index (χ1v) is 7.38. The van der Waals surface area contributed by atoms with Crippen LogP contribution >= 0.6 is 0 Å². The summed E-state index contributed by atoms with van der Waals surface area (Å²) in [6.45, 7) is 4.47. The van der Waals surface area contributed by atoms with E-state index < -0.39 is 0 Å². The van der Waals surface area contributed by atoms with Crippen LogP contribution in [0, 0.1) is 0 Å². The van der Waals surface area contributed by atoms with Gasteiger partial charge in [-0.25, -0.2) is 0 Å². The van der Waals surface area contributed by atoms with Crippen molar-refractivity contribution in [2.45, 2.75) is 57.1 Å². The molecule has 2 fully saturated rings. The molecule has 100 valence electrons. The van der Waals surface area contributed by atoms with Crippen LogP contribution in [0.1, 0.15) is 44.9 Å². The molecule has 0 saturated carbocycles. The van der Waals surface area contributed by atoms with E-state index in [9.17, 15) is 0 Å². The molecule has 0 aromatic rings. The van der Waals surface area contributed by atoms with E-state index in [4.69, 9.17) is 4.74 Å². The molecule has 0 spiro atoms. The molecule has 3 nitrogen and oxygen atoms in total. The van der Waals surface area contributed by atoms with Gasteiger partial charge in [-0.05, 0) is 39.3 Å². The molecule has 3 heteroatoms. The number of ether oxygens (including phenoxy) is 1. The SMILES string of the molecule is CN(CC1CCCCCCN1)CC1CCCO1. The minimum absolute atomic E-state index is 0.494. The minimum atomic E-state index is 0.494. The van der Waals surface area contributed by atoms with Crippen LogP contribution in [0.5, 0.6) is 0 Å². The summed E-state index contributed by atoms with van der Waals surface area (Å²) in [6.07, 6.45) is 9.92. The third-order valence-corrected chi connectivity index (χ3v) is 3.98. The number of nitrogens with one attached hydrogen (secondary N) is 1. The van der Waals surface area contributed by atoms with Gasteiger partial charge in [-0.1, -0.05) is 19.3 Å². The number of likely N-dealkylation sites (N-methyl/N-ethyl adjacent to an activating group) is 1. The molecule has 0 bridgehead atoms. The van der Waals surface area contributed by atoms with Gasteiger partial charge in [0, 0.05) is 25.7 Å². The molecule has 1 N–H and O–H groups in total. The summed E-state index contributed by atoms with van der Waals surface area (Å²) in [5.41, 5.74) is 0. The molecule has 2 aliphatic heterocycles. The van der Waals surface area contributed by atoms with Crippen LogP contribution in [0.4, 0.5) is 0 Å². The van der Waals surface area contributed by atoms with Gasteiger partial charge in [0.05, 0.1) is 6.10 Å². The van der Waals surface area contributed by atoms with Crippen molar-refractivity contribution in [3.8, 4) is 0 Å². The van der Waals surface area contributed by atoms with Crippen molar-refractivity contribution in [2.24, 2.45) is 0 Å². The van der Waals surface area contributed by atoms with Crippen molar-refractivity contribution >= 4 is 0 Å². The Balaban J connectivity index is 1.66. The number of nitrogens with zero attached hydrogens (tertiary/aromatic N) is 1. The monoisotopic (exact) mass is 240 g/mol. The van der Waals surface area contributed by atoms with Gasteiger partial charge >= 0.3 is 0 Å². The van der Waals surface area contributed by atoms with Crippen molar-refractivity contribution in [1.82, 2.24) is 10.2 Å². The Labute approximate surface area is 106 Å². The van der Waals surface area contributed by atoms with E-state index in [1.165, 1.54) is 58.0 Å². The third-order valence-electron chi connectivity index (χ3n) is 3.98. The topological polar surface area (TPSA) is 24.5 Å². The predicted octanol–water partition coefficient (Wildman–Crippen LogP) is 2.02. The van der Waals surface area contributed by atoms with Crippen LogP contribution in [0.2, 0.25) is 0 Å². The molecule has 0 aliphatic carbocycles. The number of hydrogen-bond acceptors (Lipinski definition) is 3. The first kappa shape index (κ1) is 13.3. The highest BCUT2D eigenvalue weighted by atomic mass is 16.5. The lowest BCUT2D eigenvalue weighted by Gasteiger charge is -2.28. The second-order valence-electron chi connectivity index (χ2n) is 5.71. The quantitative estimate of drug-likeness (QED) is 0.813. The lowest BCUT2D eigenvalue weighted by molar-refractivity contribution is 0.0778. The maximum Gasteiger partial charge on any atom is 0.0702 e. The van der Waals surface area contributed by atoms with Crippen LogP contribution < -0.4 is 5.32 Å².